The minimum Gasteiger partial charge on any atom is -0.292 e. The smallest absolute Gasteiger partial charge is 0.234 e. The number of hydrogen-bond acceptors (Lipinski definition) is 4. The van der Waals surface area contributed by atoms with Gasteiger partial charge in [-0.25, -0.2) is 9.97 Å². The van der Waals surface area contributed by atoms with Crippen molar-refractivity contribution in [2.45, 2.75) is 6.42 Å². The number of nitrogens with zero attached hydrogens (tertiary/aromatic N) is 5. The lowest BCUT2D eigenvalue weighted by molar-refractivity contribution is 0.0982. The van der Waals surface area contributed by atoms with Gasteiger partial charge in [0.25, 0.3) is 0 Å². The van der Waals surface area contributed by atoms with Crippen molar-refractivity contribution in [1.82, 2.24) is 24.1 Å². The number of imidazole rings is 1. The monoisotopic (exact) mass is 395 g/mol. The molecule has 0 aliphatic heterocycles. The summed E-state index contributed by atoms with van der Waals surface area (Å²) in [4.78, 5) is 21.6. The molecule has 1 aromatic carbocycles. The minimum absolute atomic E-state index is 0.0430. The molecule has 0 atom stereocenters. The molecule has 4 rings (SSSR count). The van der Waals surface area contributed by atoms with Crippen LogP contribution in [-0.4, -0.2) is 29.9 Å². The van der Waals surface area contributed by atoms with E-state index in [4.69, 9.17) is 0 Å². The average Bonchev–Trinajstić information content (AvgIpc) is 3.18. The zero-order chi connectivity index (χ0) is 17.4. The first kappa shape index (κ1) is 15.7. The molecule has 0 bridgehead atoms. The highest BCUT2D eigenvalue weighted by Crippen LogP contribution is 2.19. The second-order valence-corrected chi connectivity index (χ2v) is 6.54. The Bertz CT molecular complexity index is 1050. The fraction of sp³-hybridized carbons (Fsp3) is 0.111. The van der Waals surface area contributed by atoms with Crippen LogP contribution < -0.4 is 0 Å². The highest BCUT2D eigenvalue weighted by atomic mass is 79.9. The molecule has 25 heavy (non-hydrogen) atoms. The third kappa shape index (κ3) is 2.98. The third-order valence-electron chi connectivity index (χ3n) is 3.95. The van der Waals surface area contributed by atoms with Crippen molar-refractivity contribution in [1.29, 1.82) is 0 Å². The maximum atomic E-state index is 12.5. The summed E-state index contributed by atoms with van der Waals surface area (Å²) in [6, 6.07) is 11.8. The van der Waals surface area contributed by atoms with E-state index in [9.17, 15) is 4.79 Å². The van der Waals surface area contributed by atoms with E-state index in [1.165, 1.54) is 0 Å². The fourth-order valence-corrected chi connectivity index (χ4v) is 3.30. The standard InChI is InChI=1S/C18H14BrN5O/c1-23-17(14(19)10-20-23)16(25)9-13-7-8-24-11-15(22-18(24)21-13)12-5-3-2-4-6-12/h2-8,10-11H,9H2,1H3. The number of carbonyl (C=O) groups excluding carboxylic acids is 1. The number of Topliss-reactive ketones (excluding diaryl/α,β-unsaturated/α-hetero) is 1. The van der Waals surface area contributed by atoms with Crippen LogP contribution >= 0.6 is 15.9 Å². The Labute approximate surface area is 152 Å². The molecule has 0 unspecified atom stereocenters. The van der Waals surface area contributed by atoms with Crippen LogP contribution in [0.15, 0.2) is 59.5 Å². The Morgan fingerprint density at radius 1 is 1.16 bits per heavy atom. The van der Waals surface area contributed by atoms with E-state index in [1.807, 2.05) is 53.2 Å². The summed E-state index contributed by atoms with van der Waals surface area (Å²) < 4.78 is 4.11. The maximum absolute atomic E-state index is 12.5. The van der Waals surface area contributed by atoms with E-state index in [0.29, 0.717) is 21.6 Å². The molecule has 7 heteroatoms. The van der Waals surface area contributed by atoms with Gasteiger partial charge in [0.15, 0.2) is 5.78 Å². The van der Waals surface area contributed by atoms with Crippen molar-refractivity contribution in [3.63, 3.8) is 0 Å². The van der Waals surface area contributed by atoms with Crippen LogP contribution in [0.25, 0.3) is 17.0 Å². The first-order valence-corrected chi connectivity index (χ1v) is 8.52. The van der Waals surface area contributed by atoms with E-state index in [0.717, 1.165) is 11.3 Å². The number of hydrogen-bond donors (Lipinski definition) is 0. The number of benzene rings is 1. The van der Waals surface area contributed by atoms with Gasteiger partial charge in [-0.1, -0.05) is 30.3 Å². The summed E-state index contributed by atoms with van der Waals surface area (Å²) in [5.74, 6) is 0.534. The van der Waals surface area contributed by atoms with Crippen molar-refractivity contribution in [3.8, 4) is 11.3 Å². The molecule has 0 N–H and O–H groups in total. The predicted octanol–water partition coefficient (Wildman–Crippen LogP) is 3.32. The molecule has 0 amide bonds. The van der Waals surface area contributed by atoms with Crippen molar-refractivity contribution in [2.75, 3.05) is 0 Å². The molecule has 0 radical (unpaired) electrons. The largest absolute Gasteiger partial charge is 0.292 e. The van der Waals surface area contributed by atoms with E-state index in [1.54, 1.807) is 17.9 Å². The van der Waals surface area contributed by atoms with Crippen LogP contribution in [0.4, 0.5) is 0 Å². The summed E-state index contributed by atoms with van der Waals surface area (Å²) >= 11 is 3.36. The van der Waals surface area contributed by atoms with Crippen LogP contribution in [0, 0.1) is 0 Å². The molecule has 6 nitrogen and oxygen atoms in total. The predicted molar refractivity (Wildman–Crippen MR) is 97.4 cm³/mol. The normalized spacial score (nSPS) is 11.1. The number of ketones is 1. The van der Waals surface area contributed by atoms with Crippen LogP contribution in [0.1, 0.15) is 16.2 Å². The van der Waals surface area contributed by atoms with E-state index in [2.05, 4.69) is 31.0 Å². The van der Waals surface area contributed by atoms with Crippen LogP contribution in [0.3, 0.4) is 0 Å². The highest BCUT2D eigenvalue weighted by molar-refractivity contribution is 9.10. The third-order valence-corrected chi connectivity index (χ3v) is 4.53. The Hall–Kier alpha value is -2.80. The summed E-state index contributed by atoms with van der Waals surface area (Å²) in [5, 5.41) is 4.08. The zero-order valence-electron chi connectivity index (χ0n) is 13.4. The van der Waals surface area contributed by atoms with Crippen molar-refractivity contribution >= 4 is 27.5 Å². The Balaban J connectivity index is 1.64. The average molecular weight is 396 g/mol. The van der Waals surface area contributed by atoms with Crippen molar-refractivity contribution in [2.24, 2.45) is 7.05 Å². The molecule has 4 aromatic rings. The van der Waals surface area contributed by atoms with Crippen LogP contribution in [0.2, 0.25) is 0 Å². The molecular formula is C18H14BrN5O. The summed E-state index contributed by atoms with van der Waals surface area (Å²) in [7, 11) is 1.75. The van der Waals surface area contributed by atoms with Gasteiger partial charge in [-0.05, 0) is 22.0 Å². The zero-order valence-corrected chi connectivity index (χ0v) is 15.0. The number of halogens is 1. The van der Waals surface area contributed by atoms with Crippen molar-refractivity contribution in [3.05, 3.63) is 70.8 Å². The van der Waals surface area contributed by atoms with Gasteiger partial charge in [-0.15, -0.1) is 0 Å². The fourth-order valence-electron chi connectivity index (χ4n) is 2.73. The molecule has 3 heterocycles. The second-order valence-electron chi connectivity index (χ2n) is 5.68. The first-order chi connectivity index (χ1) is 12.1. The lowest BCUT2D eigenvalue weighted by atomic mass is 10.1. The number of rotatable bonds is 4. The molecule has 0 saturated heterocycles. The summed E-state index contributed by atoms with van der Waals surface area (Å²) in [5.41, 5.74) is 3.10. The van der Waals surface area contributed by atoms with Gasteiger partial charge in [0.05, 0.1) is 28.5 Å². The van der Waals surface area contributed by atoms with Gasteiger partial charge in [-0.3, -0.25) is 13.9 Å². The SMILES string of the molecule is Cn1ncc(Br)c1C(=O)Cc1ccn2cc(-c3ccccc3)nc2n1. The van der Waals surface area contributed by atoms with E-state index in [-0.39, 0.29) is 12.2 Å². The molecule has 0 aliphatic carbocycles. The topological polar surface area (TPSA) is 65.1 Å². The number of fused-ring (bicyclic) bond motifs is 1. The number of aryl methyl sites for hydroxylation is 1. The molecule has 0 fully saturated rings. The molecule has 0 aliphatic rings. The Morgan fingerprint density at radius 2 is 1.96 bits per heavy atom. The van der Waals surface area contributed by atoms with Gasteiger partial charge >= 0.3 is 0 Å². The molecule has 0 saturated carbocycles. The van der Waals surface area contributed by atoms with E-state index < -0.39 is 0 Å². The Kier molecular flexibility index (Phi) is 3.93. The van der Waals surface area contributed by atoms with Crippen LogP contribution in [-0.2, 0) is 13.5 Å². The second kappa shape index (κ2) is 6.25. The quantitative estimate of drug-likeness (QED) is 0.497. The van der Waals surface area contributed by atoms with Crippen LogP contribution in [0.5, 0.6) is 0 Å². The number of aromatic nitrogens is 5. The first-order valence-electron chi connectivity index (χ1n) is 7.72. The lowest BCUT2D eigenvalue weighted by Gasteiger charge is -2.03. The van der Waals surface area contributed by atoms with Crippen molar-refractivity contribution < 1.29 is 4.79 Å². The van der Waals surface area contributed by atoms with Gasteiger partial charge < -0.3 is 0 Å². The molecule has 3 aromatic heterocycles. The number of carbonyl (C=O) groups is 1. The van der Waals surface area contributed by atoms with E-state index >= 15 is 0 Å². The van der Waals surface area contributed by atoms with Gasteiger partial charge in [0.1, 0.15) is 5.69 Å². The maximum Gasteiger partial charge on any atom is 0.234 e. The lowest BCUT2D eigenvalue weighted by Crippen LogP contribution is -2.11. The molecule has 0 spiro atoms. The summed E-state index contributed by atoms with van der Waals surface area (Å²) in [6.45, 7) is 0. The Morgan fingerprint density at radius 3 is 2.68 bits per heavy atom. The van der Waals surface area contributed by atoms with Gasteiger partial charge in [-0.2, -0.15) is 5.10 Å². The van der Waals surface area contributed by atoms with Gasteiger partial charge in [0.2, 0.25) is 5.78 Å². The highest BCUT2D eigenvalue weighted by Gasteiger charge is 2.17. The van der Waals surface area contributed by atoms with Gasteiger partial charge in [0, 0.05) is 25.0 Å². The summed E-state index contributed by atoms with van der Waals surface area (Å²) in [6.07, 6.45) is 5.62. The molecule has 124 valence electrons. The molecular weight excluding hydrogens is 382 g/mol. The minimum atomic E-state index is -0.0430.